The molecule has 1 heterocycles. The summed E-state index contributed by atoms with van der Waals surface area (Å²) < 4.78 is 10.4. The molecule has 0 aromatic carbocycles. The highest BCUT2D eigenvalue weighted by molar-refractivity contribution is 5.86. The Bertz CT molecular complexity index is 188. The number of hydrogen-bond acceptors (Lipinski definition) is 4. The number of carbonyl (C=O) groups is 1. The van der Waals surface area contributed by atoms with Crippen LogP contribution < -0.4 is 5.73 Å². The first-order valence-electron chi connectivity index (χ1n) is 5.14. The van der Waals surface area contributed by atoms with Gasteiger partial charge in [-0.05, 0) is 19.8 Å². The van der Waals surface area contributed by atoms with Gasteiger partial charge in [-0.2, -0.15) is 0 Å². The van der Waals surface area contributed by atoms with E-state index in [2.05, 4.69) is 0 Å². The summed E-state index contributed by atoms with van der Waals surface area (Å²) in [6, 6.07) is 0. The zero-order valence-corrected chi connectivity index (χ0v) is 8.75. The molecule has 2 N–H and O–H groups in total. The van der Waals surface area contributed by atoms with Crippen molar-refractivity contribution in [2.45, 2.75) is 19.8 Å². The predicted octanol–water partition coefficient (Wildman–Crippen LogP) is 0.348. The van der Waals surface area contributed by atoms with E-state index in [1.165, 1.54) is 0 Å². The first kappa shape index (κ1) is 11.6. The molecule has 0 spiro atoms. The molecule has 0 radical (unpaired) electrons. The second kappa shape index (κ2) is 5.44. The Morgan fingerprint density at radius 3 is 2.64 bits per heavy atom. The zero-order valence-electron chi connectivity index (χ0n) is 8.75. The van der Waals surface area contributed by atoms with Crippen LogP contribution in [-0.4, -0.2) is 38.8 Å². The van der Waals surface area contributed by atoms with Crippen molar-refractivity contribution in [2.24, 2.45) is 11.1 Å². The third kappa shape index (κ3) is 2.53. The Hall–Kier alpha value is -0.450. The maximum absolute atomic E-state index is 11.8. The molecule has 1 rings (SSSR count). The highest BCUT2D eigenvalue weighted by Crippen LogP contribution is 2.30. The maximum atomic E-state index is 11.8. The van der Waals surface area contributed by atoms with Crippen LogP contribution in [0, 0.1) is 5.41 Å². The lowest BCUT2D eigenvalue weighted by molar-refractivity contribution is -0.138. The molecule has 1 aliphatic rings. The van der Waals surface area contributed by atoms with E-state index in [1.807, 2.05) is 6.92 Å². The van der Waals surface area contributed by atoms with Crippen molar-refractivity contribution in [3.63, 3.8) is 0 Å². The summed E-state index contributed by atoms with van der Waals surface area (Å²) in [6.07, 6.45) is 1.46. The van der Waals surface area contributed by atoms with Crippen LogP contribution in [0.3, 0.4) is 0 Å². The van der Waals surface area contributed by atoms with E-state index in [0.29, 0.717) is 26.4 Å². The molecule has 4 heteroatoms. The average Bonchev–Trinajstić information content (AvgIpc) is 2.26. The van der Waals surface area contributed by atoms with Crippen molar-refractivity contribution in [1.82, 2.24) is 0 Å². The second-order valence-corrected chi connectivity index (χ2v) is 3.66. The number of rotatable bonds is 5. The van der Waals surface area contributed by atoms with Gasteiger partial charge in [0, 0.05) is 31.8 Å². The number of Topliss-reactive ketones (excluding diaryl/α,β-unsaturated/α-hetero) is 1. The number of carbonyl (C=O) groups excluding carboxylic acids is 1. The summed E-state index contributed by atoms with van der Waals surface area (Å²) in [5.74, 6) is 0.130. The van der Waals surface area contributed by atoms with Crippen molar-refractivity contribution in [1.29, 1.82) is 0 Å². The van der Waals surface area contributed by atoms with E-state index in [9.17, 15) is 4.79 Å². The van der Waals surface area contributed by atoms with E-state index in [4.69, 9.17) is 15.2 Å². The molecule has 4 nitrogen and oxygen atoms in total. The molecule has 1 fully saturated rings. The molecule has 0 aromatic heterocycles. The van der Waals surface area contributed by atoms with E-state index < -0.39 is 0 Å². The Morgan fingerprint density at radius 1 is 1.50 bits per heavy atom. The monoisotopic (exact) mass is 201 g/mol. The normalized spacial score (nSPS) is 20.7. The van der Waals surface area contributed by atoms with Crippen LogP contribution in [0.2, 0.25) is 0 Å². The van der Waals surface area contributed by atoms with Crippen LogP contribution in [0.4, 0.5) is 0 Å². The van der Waals surface area contributed by atoms with E-state index in [0.717, 1.165) is 12.8 Å². The van der Waals surface area contributed by atoms with Crippen LogP contribution in [0.15, 0.2) is 0 Å². The zero-order chi connectivity index (χ0) is 10.4. The fourth-order valence-electron chi connectivity index (χ4n) is 1.71. The SMILES string of the molecule is CCOCC(=O)C1(CN)CCOCC1. The molecule has 0 aliphatic carbocycles. The molecule has 0 unspecified atom stereocenters. The summed E-state index contributed by atoms with van der Waals surface area (Å²) in [5, 5.41) is 0. The van der Waals surface area contributed by atoms with Crippen molar-refractivity contribution in [3.05, 3.63) is 0 Å². The molecule has 0 aromatic rings. The number of nitrogens with two attached hydrogens (primary N) is 1. The van der Waals surface area contributed by atoms with Gasteiger partial charge in [-0.3, -0.25) is 4.79 Å². The fraction of sp³-hybridized carbons (Fsp3) is 0.900. The minimum atomic E-state index is -0.382. The number of ketones is 1. The van der Waals surface area contributed by atoms with Crippen LogP contribution in [-0.2, 0) is 14.3 Å². The summed E-state index contributed by atoms with van der Waals surface area (Å²) >= 11 is 0. The van der Waals surface area contributed by atoms with Gasteiger partial charge in [-0.15, -0.1) is 0 Å². The second-order valence-electron chi connectivity index (χ2n) is 3.66. The Morgan fingerprint density at radius 2 is 2.14 bits per heavy atom. The molecular weight excluding hydrogens is 182 g/mol. The first-order chi connectivity index (χ1) is 6.75. The first-order valence-corrected chi connectivity index (χ1v) is 5.14. The van der Waals surface area contributed by atoms with Crippen molar-refractivity contribution < 1.29 is 14.3 Å². The van der Waals surface area contributed by atoms with Crippen molar-refractivity contribution in [2.75, 3.05) is 33.0 Å². The van der Waals surface area contributed by atoms with Gasteiger partial charge in [0.15, 0.2) is 5.78 Å². The Labute approximate surface area is 84.7 Å². The summed E-state index contributed by atoms with van der Waals surface area (Å²) in [4.78, 5) is 11.8. The quantitative estimate of drug-likeness (QED) is 0.697. The van der Waals surface area contributed by atoms with Gasteiger partial charge < -0.3 is 15.2 Å². The molecular formula is C10H19NO3. The largest absolute Gasteiger partial charge is 0.381 e. The lowest BCUT2D eigenvalue weighted by Crippen LogP contribution is -2.45. The van der Waals surface area contributed by atoms with Gasteiger partial charge in [0.1, 0.15) is 6.61 Å². The van der Waals surface area contributed by atoms with E-state index in [1.54, 1.807) is 0 Å². The average molecular weight is 201 g/mol. The van der Waals surface area contributed by atoms with Gasteiger partial charge >= 0.3 is 0 Å². The highest BCUT2D eigenvalue weighted by atomic mass is 16.5. The van der Waals surface area contributed by atoms with Crippen molar-refractivity contribution >= 4 is 5.78 Å². The van der Waals surface area contributed by atoms with Crippen LogP contribution >= 0.6 is 0 Å². The molecule has 0 atom stereocenters. The fourth-order valence-corrected chi connectivity index (χ4v) is 1.71. The molecule has 1 saturated heterocycles. The molecule has 0 amide bonds. The minimum Gasteiger partial charge on any atom is -0.381 e. The van der Waals surface area contributed by atoms with Crippen LogP contribution in [0.25, 0.3) is 0 Å². The molecule has 1 aliphatic heterocycles. The lowest BCUT2D eigenvalue weighted by atomic mass is 9.76. The van der Waals surface area contributed by atoms with Crippen LogP contribution in [0.5, 0.6) is 0 Å². The predicted molar refractivity (Wildman–Crippen MR) is 53.0 cm³/mol. The summed E-state index contributed by atoms with van der Waals surface area (Å²) in [6.45, 7) is 4.31. The van der Waals surface area contributed by atoms with E-state index in [-0.39, 0.29) is 17.8 Å². The lowest BCUT2D eigenvalue weighted by Gasteiger charge is -2.34. The number of ether oxygens (including phenoxy) is 2. The third-order valence-corrected chi connectivity index (χ3v) is 2.87. The Balaban J connectivity index is 2.53. The summed E-state index contributed by atoms with van der Waals surface area (Å²) in [7, 11) is 0. The number of hydrogen-bond donors (Lipinski definition) is 1. The van der Waals surface area contributed by atoms with Crippen LogP contribution in [0.1, 0.15) is 19.8 Å². The topological polar surface area (TPSA) is 61.5 Å². The third-order valence-electron chi connectivity index (χ3n) is 2.87. The van der Waals surface area contributed by atoms with Gasteiger partial charge in [0.2, 0.25) is 0 Å². The molecule has 0 saturated carbocycles. The minimum absolute atomic E-state index is 0.130. The smallest absolute Gasteiger partial charge is 0.166 e. The summed E-state index contributed by atoms with van der Waals surface area (Å²) in [5.41, 5.74) is 5.30. The van der Waals surface area contributed by atoms with E-state index >= 15 is 0 Å². The maximum Gasteiger partial charge on any atom is 0.166 e. The van der Waals surface area contributed by atoms with Gasteiger partial charge in [0.05, 0.1) is 0 Å². The van der Waals surface area contributed by atoms with Gasteiger partial charge in [-0.25, -0.2) is 0 Å². The Kier molecular flexibility index (Phi) is 4.51. The van der Waals surface area contributed by atoms with Gasteiger partial charge in [0.25, 0.3) is 0 Å². The molecule has 14 heavy (non-hydrogen) atoms. The van der Waals surface area contributed by atoms with Crippen molar-refractivity contribution in [3.8, 4) is 0 Å². The standard InChI is InChI=1S/C10H19NO3/c1-2-13-7-9(12)10(8-11)3-5-14-6-4-10/h2-8,11H2,1H3. The molecule has 82 valence electrons. The highest BCUT2D eigenvalue weighted by Gasteiger charge is 2.38. The molecule has 0 bridgehead atoms. The van der Waals surface area contributed by atoms with Gasteiger partial charge in [-0.1, -0.05) is 0 Å².